The Balaban J connectivity index is 1.50. The molecule has 1 saturated heterocycles. The van der Waals surface area contributed by atoms with Crippen molar-refractivity contribution in [3.63, 3.8) is 0 Å². The minimum absolute atomic E-state index is 0.00896. The van der Waals surface area contributed by atoms with Gasteiger partial charge in [0.25, 0.3) is 5.91 Å². The van der Waals surface area contributed by atoms with Gasteiger partial charge in [0.05, 0.1) is 19.0 Å². The first-order valence-electron chi connectivity index (χ1n) is 11.9. The van der Waals surface area contributed by atoms with Crippen molar-refractivity contribution in [3.05, 3.63) is 71.3 Å². The van der Waals surface area contributed by atoms with Gasteiger partial charge in [-0.05, 0) is 48.6 Å². The highest BCUT2D eigenvalue weighted by molar-refractivity contribution is 6.43. The second kappa shape index (κ2) is 14.0. The number of carbonyl (C=O) groups excluding carboxylic acids is 2. The molecular weight excluding hydrogens is 461 g/mol. The van der Waals surface area contributed by atoms with Crippen LogP contribution in [0.15, 0.2) is 60.2 Å². The maximum atomic E-state index is 12.5. The molecule has 0 aromatic heterocycles. The third kappa shape index (κ3) is 8.85. The Morgan fingerprint density at radius 2 is 1.92 bits per heavy atom. The molecule has 9 nitrogen and oxygen atoms in total. The van der Waals surface area contributed by atoms with E-state index in [0.29, 0.717) is 37.4 Å². The molecule has 1 aliphatic rings. The summed E-state index contributed by atoms with van der Waals surface area (Å²) in [7, 11) is -1.70. The molecule has 0 bridgehead atoms. The van der Waals surface area contributed by atoms with Gasteiger partial charge in [-0.25, -0.2) is 0 Å². The average molecular weight is 491 g/mol. The van der Waals surface area contributed by atoms with E-state index in [4.69, 9.17) is 9.47 Å². The fraction of sp³-hybridized carbons (Fsp3) is 0.346. The SMILES string of the molecule is N#CC(=Cc1cccc(OCCC(=O)N[C@@H](Cc2ccccc2)B(O)O)c1)C(=O)NC1CCOCC1. The lowest BCUT2D eigenvalue weighted by atomic mass is 9.76. The van der Waals surface area contributed by atoms with Gasteiger partial charge in [-0.1, -0.05) is 42.5 Å². The molecule has 1 heterocycles. The molecule has 0 unspecified atom stereocenters. The normalized spacial score (nSPS) is 14.9. The molecule has 3 rings (SSSR count). The zero-order chi connectivity index (χ0) is 25.8. The maximum absolute atomic E-state index is 12.5. The van der Waals surface area contributed by atoms with Crippen molar-refractivity contribution < 1.29 is 29.1 Å². The summed E-state index contributed by atoms with van der Waals surface area (Å²) >= 11 is 0. The van der Waals surface area contributed by atoms with Crippen LogP contribution in [0, 0.1) is 11.3 Å². The lowest BCUT2D eigenvalue weighted by Crippen LogP contribution is -2.48. The van der Waals surface area contributed by atoms with E-state index in [1.54, 1.807) is 24.3 Å². The fourth-order valence-electron chi connectivity index (χ4n) is 3.75. The third-order valence-corrected chi connectivity index (χ3v) is 5.69. The third-order valence-electron chi connectivity index (χ3n) is 5.69. The number of nitriles is 1. The molecule has 0 aliphatic carbocycles. The summed E-state index contributed by atoms with van der Waals surface area (Å²) < 4.78 is 10.9. The highest BCUT2D eigenvalue weighted by Gasteiger charge is 2.25. The van der Waals surface area contributed by atoms with Gasteiger partial charge in [-0.2, -0.15) is 5.26 Å². The van der Waals surface area contributed by atoms with Crippen molar-refractivity contribution >= 4 is 25.0 Å². The van der Waals surface area contributed by atoms with E-state index >= 15 is 0 Å². The predicted octanol–water partition coefficient (Wildman–Crippen LogP) is 1.40. The van der Waals surface area contributed by atoms with E-state index in [9.17, 15) is 24.9 Å². The van der Waals surface area contributed by atoms with Crippen LogP contribution in [-0.2, 0) is 20.7 Å². The van der Waals surface area contributed by atoms with Gasteiger partial charge in [0.15, 0.2) is 0 Å². The van der Waals surface area contributed by atoms with Crippen molar-refractivity contribution in [3.8, 4) is 11.8 Å². The molecule has 0 spiro atoms. The summed E-state index contributed by atoms with van der Waals surface area (Å²) in [6.45, 7) is 1.23. The number of amides is 2. The van der Waals surface area contributed by atoms with E-state index < -0.39 is 19.0 Å². The summed E-state index contributed by atoms with van der Waals surface area (Å²) in [5.41, 5.74) is 1.47. The second-order valence-electron chi connectivity index (χ2n) is 8.48. The Morgan fingerprint density at radius 3 is 2.61 bits per heavy atom. The first-order chi connectivity index (χ1) is 17.4. The highest BCUT2D eigenvalue weighted by atomic mass is 16.5. The van der Waals surface area contributed by atoms with Gasteiger partial charge in [0, 0.05) is 19.3 Å². The van der Waals surface area contributed by atoms with Crippen molar-refractivity contribution in [1.82, 2.24) is 10.6 Å². The zero-order valence-corrected chi connectivity index (χ0v) is 19.9. The molecule has 2 aromatic rings. The van der Waals surface area contributed by atoms with Crippen molar-refractivity contribution in [1.29, 1.82) is 5.26 Å². The van der Waals surface area contributed by atoms with Gasteiger partial charge >= 0.3 is 7.12 Å². The van der Waals surface area contributed by atoms with Crippen LogP contribution in [0.2, 0.25) is 0 Å². The average Bonchev–Trinajstić information content (AvgIpc) is 2.88. The number of benzene rings is 2. The second-order valence-corrected chi connectivity index (χ2v) is 8.48. The summed E-state index contributed by atoms with van der Waals surface area (Å²) in [6.07, 6.45) is 3.21. The number of nitrogens with one attached hydrogen (secondary N) is 2. The molecule has 2 aromatic carbocycles. The molecule has 10 heteroatoms. The van der Waals surface area contributed by atoms with E-state index in [1.807, 2.05) is 36.4 Å². The zero-order valence-electron chi connectivity index (χ0n) is 19.9. The van der Waals surface area contributed by atoms with Crippen LogP contribution < -0.4 is 15.4 Å². The molecule has 0 saturated carbocycles. The number of ether oxygens (including phenoxy) is 2. The van der Waals surface area contributed by atoms with Crippen LogP contribution in [0.1, 0.15) is 30.4 Å². The van der Waals surface area contributed by atoms with Crippen molar-refractivity contribution in [2.24, 2.45) is 0 Å². The molecule has 0 radical (unpaired) electrons. The highest BCUT2D eigenvalue weighted by Crippen LogP contribution is 2.17. The number of nitrogens with zero attached hydrogens (tertiary/aromatic N) is 1. The Bertz CT molecular complexity index is 1080. The van der Waals surface area contributed by atoms with Crippen LogP contribution in [-0.4, -0.2) is 60.8 Å². The first kappa shape index (κ1) is 27.0. The maximum Gasteiger partial charge on any atom is 0.475 e. The van der Waals surface area contributed by atoms with Crippen LogP contribution in [0.4, 0.5) is 0 Å². The van der Waals surface area contributed by atoms with Gasteiger partial charge in [-0.15, -0.1) is 0 Å². The number of hydrogen-bond acceptors (Lipinski definition) is 7. The van der Waals surface area contributed by atoms with Crippen molar-refractivity contribution in [2.75, 3.05) is 19.8 Å². The van der Waals surface area contributed by atoms with E-state index in [0.717, 1.165) is 5.56 Å². The van der Waals surface area contributed by atoms with E-state index in [-0.39, 0.29) is 37.0 Å². The summed E-state index contributed by atoms with van der Waals surface area (Å²) in [6, 6.07) is 18.0. The number of rotatable bonds is 11. The molecule has 1 aliphatic heterocycles. The predicted molar refractivity (Wildman–Crippen MR) is 134 cm³/mol. The lowest BCUT2D eigenvalue weighted by molar-refractivity contribution is -0.122. The molecule has 1 atom stereocenters. The van der Waals surface area contributed by atoms with Crippen molar-refractivity contribution in [2.45, 2.75) is 37.7 Å². The van der Waals surface area contributed by atoms with Gasteiger partial charge in [-0.3, -0.25) is 9.59 Å². The summed E-state index contributed by atoms with van der Waals surface area (Å²) in [5.74, 6) is -1.17. The fourth-order valence-corrected chi connectivity index (χ4v) is 3.75. The molecular formula is C26H30BN3O6. The molecule has 1 fully saturated rings. The summed E-state index contributed by atoms with van der Waals surface area (Å²) in [5, 5.41) is 34.2. The van der Waals surface area contributed by atoms with E-state index in [2.05, 4.69) is 10.6 Å². The quantitative estimate of drug-likeness (QED) is 0.212. The molecule has 188 valence electrons. The van der Waals surface area contributed by atoms with Crippen LogP contribution in [0.3, 0.4) is 0 Å². The van der Waals surface area contributed by atoms with Crippen LogP contribution in [0.25, 0.3) is 6.08 Å². The smallest absolute Gasteiger partial charge is 0.475 e. The Morgan fingerprint density at radius 1 is 1.17 bits per heavy atom. The summed E-state index contributed by atoms with van der Waals surface area (Å²) in [4.78, 5) is 24.8. The van der Waals surface area contributed by atoms with E-state index in [1.165, 1.54) is 6.08 Å². The van der Waals surface area contributed by atoms with Gasteiger partial charge in [0.2, 0.25) is 5.91 Å². The minimum atomic E-state index is -1.70. The Labute approximate surface area is 210 Å². The van der Waals surface area contributed by atoms with Crippen LogP contribution >= 0.6 is 0 Å². The lowest BCUT2D eigenvalue weighted by Gasteiger charge is -2.22. The largest absolute Gasteiger partial charge is 0.493 e. The number of hydrogen-bond donors (Lipinski definition) is 4. The standard InChI is InChI=1S/C26H30BN3O6/c28-18-21(26(32)29-22-9-12-35-13-10-22)15-20-7-4-8-23(16-20)36-14-11-25(31)30-24(27(33)34)17-19-5-2-1-3-6-19/h1-8,15-16,22,24,33-34H,9-14,17H2,(H,29,32)(H,30,31)/t24-/m0/s1. The molecule has 36 heavy (non-hydrogen) atoms. The van der Waals surface area contributed by atoms with Gasteiger partial charge in [0.1, 0.15) is 17.4 Å². The number of carbonyl (C=O) groups is 2. The molecule has 4 N–H and O–H groups in total. The monoisotopic (exact) mass is 491 g/mol. The Kier molecular flexibility index (Phi) is 10.5. The Hall–Kier alpha value is -3.65. The first-order valence-corrected chi connectivity index (χ1v) is 11.9. The van der Waals surface area contributed by atoms with Crippen LogP contribution in [0.5, 0.6) is 5.75 Å². The minimum Gasteiger partial charge on any atom is -0.493 e. The topological polar surface area (TPSA) is 141 Å². The molecule has 2 amide bonds. The van der Waals surface area contributed by atoms with Gasteiger partial charge < -0.3 is 30.2 Å².